The summed E-state index contributed by atoms with van der Waals surface area (Å²) in [5.41, 5.74) is 5.56. The molecule has 0 radical (unpaired) electrons. The third-order valence-corrected chi connectivity index (χ3v) is 3.93. The van der Waals surface area contributed by atoms with Gasteiger partial charge in [0.1, 0.15) is 5.01 Å². The quantitative estimate of drug-likeness (QED) is 0.795. The molecule has 1 aromatic heterocycles. The van der Waals surface area contributed by atoms with Gasteiger partial charge in [-0.15, -0.1) is 10.2 Å². The van der Waals surface area contributed by atoms with E-state index in [0.717, 1.165) is 30.7 Å². The number of hydrogen-bond acceptors (Lipinski definition) is 6. The van der Waals surface area contributed by atoms with Crippen molar-refractivity contribution in [2.75, 3.05) is 12.8 Å². The first-order valence-corrected chi connectivity index (χ1v) is 6.19. The molecule has 2 atom stereocenters. The van der Waals surface area contributed by atoms with Gasteiger partial charge in [-0.25, -0.2) is 0 Å². The summed E-state index contributed by atoms with van der Waals surface area (Å²) in [6, 6.07) is 0. The molecule has 6 heteroatoms. The summed E-state index contributed by atoms with van der Waals surface area (Å²) in [7, 11) is 1.44. The molecule has 1 fully saturated rings. The van der Waals surface area contributed by atoms with Gasteiger partial charge in [0.05, 0.1) is 13.0 Å². The molecule has 0 aliphatic heterocycles. The van der Waals surface area contributed by atoms with Gasteiger partial charge >= 0.3 is 5.97 Å². The Hall–Kier alpha value is -1.17. The van der Waals surface area contributed by atoms with Gasteiger partial charge < -0.3 is 10.5 Å². The fourth-order valence-corrected chi connectivity index (χ4v) is 2.96. The van der Waals surface area contributed by atoms with Crippen LogP contribution in [0.15, 0.2) is 0 Å². The van der Waals surface area contributed by atoms with Crippen LogP contribution in [0.25, 0.3) is 0 Å². The number of nitrogen functional groups attached to an aromatic ring is 1. The summed E-state index contributed by atoms with van der Waals surface area (Å²) in [4.78, 5) is 11.5. The number of aromatic nitrogens is 2. The van der Waals surface area contributed by atoms with Crippen LogP contribution in [0.2, 0.25) is 0 Å². The van der Waals surface area contributed by atoms with Crippen molar-refractivity contribution >= 4 is 22.4 Å². The highest BCUT2D eigenvalue weighted by Gasteiger charge is 2.30. The number of carbonyl (C=O) groups excluding carboxylic acids is 1. The van der Waals surface area contributed by atoms with Crippen LogP contribution in [0.4, 0.5) is 5.13 Å². The summed E-state index contributed by atoms with van der Waals surface area (Å²) in [5, 5.41) is 9.31. The monoisotopic (exact) mass is 241 g/mol. The zero-order valence-corrected chi connectivity index (χ0v) is 10.00. The number of methoxy groups -OCH3 is 1. The van der Waals surface area contributed by atoms with E-state index in [1.165, 1.54) is 18.4 Å². The van der Waals surface area contributed by atoms with Crippen LogP contribution in [-0.4, -0.2) is 23.3 Å². The molecule has 0 bridgehead atoms. The number of anilines is 1. The van der Waals surface area contributed by atoms with Crippen LogP contribution in [0.3, 0.4) is 0 Å². The number of ether oxygens (including phenoxy) is 1. The van der Waals surface area contributed by atoms with Crippen molar-refractivity contribution < 1.29 is 9.53 Å². The van der Waals surface area contributed by atoms with Crippen molar-refractivity contribution in [1.29, 1.82) is 0 Å². The highest BCUT2D eigenvalue weighted by atomic mass is 32.1. The van der Waals surface area contributed by atoms with Gasteiger partial charge in [-0.3, -0.25) is 4.79 Å². The maximum Gasteiger partial charge on any atom is 0.308 e. The van der Waals surface area contributed by atoms with Gasteiger partial charge in [-0.05, 0) is 19.3 Å². The highest BCUT2D eigenvalue weighted by Crippen LogP contribution is 2.38. The average Bonchev–Trinajstić information content (AvgIpc) is 2.75. The van der Waals surface area contributed by atoms with E-state index in [-0.39, 0.29) is 11.9 Å². The lowest BCUT2D eigenvalue weighted by molar-refractivity contribution is -0.146. The summed E-state index contributed by atoms with van der Waals surface area (Å²) >= 11 is 1.42. The van der Waals surface area contributed by atoms with E-state index in [0.29, 0.717) is 11.0 Å². The number of carbonyl (C=O) groups is 1. The van der Waals surface area contributed by atoms with Crippen LogP contribution in [0.5, 0.6) is 0 Å². The molecule has 2 unspecified atom stereocenters. The molecule has 0 spiro atoms. The topological polar surface area (TPSA) is 78.1 Å². The summed E-state index contributed by atoms with van der Waals surface area (Å²) in [5.74, 6) is 0.212. The standard InChI is InChI=1S/C10H15N3O2S/c1-15-9(14)7-4-2-3-6(5-7)8-12-13-10(11)16-8/h6-7H,2-5H2,1H3,(H2,11,13). The van der Waals surface area contributed by atoms with Gasteiger partial charge in [-0.2, -0.15) is 0 Å². The Labute approximate surface area is 98.0 Å². The predicted molar refractivity (Wildman–Crippen MR) is 61.0 cm³/mol. The lowest BCUT2D eigenvalue weighted by Gasteiger charge is -2.25. The molecule has 0 saturated heterocycles. The molecule has 1 heterocycles. The zero-order valence-electron chi connectivity index (χ0n) is 9.18. The van der Waals surface area contributed by atoms with E-state index in [2.05, 4.69) is 10.2 Å². The molecule has 88 valence electrons. The number of esters is 1. The summed E-state index contributed by atoms with van der Waals surface area (Å²) in [6.07, 6.45) is 3.81. The second-order valence-electron chi connectivity index (χ2n) is 4.06. The maximum atomic E-state index is 11.5. The first-order valence-electron chi connectivity index (χ1n) is 5.37. The van der Waals surface area contributed by atoms with Crippen LogP contribution >= 0.6 is 11.3 Å². The minimum atomic E-state index is -0.109. The summed E-state index contributed by atoms with van der Waals surface area (Å²) < 4.78 is 4.78. The van der Waals surface area contributed by atoms with Crippen molar-refractivity contribution in [3.8, 4) is 0 Å². The third-order valence-electron chi connectivity index (χ3n) is 3.01. The molecule has 1 saturated carbocycles. The molecular formula is C10H15N3O2S. The zero-order chi connectivity index (χ0) is 11.5. The van der Waals surface area contributed by atoms with E-state index in [9.17, 15) is 4.79 Å². The van der Waals surface area contributed by atoms with Crippen molar-refractivity contribution in [1.82, 2.24) is 10.2 Å². The Morgan fingerprint density at radius 1 is 1.50 bits per heavy atom. The van der Waals surface area contributed by atoms with Crippen LogP contribution < -0.4 is 5.73 Å². The average molecular weight is 241 g/mol. The molecule has 0 amide bonds. The number of rotatable bonds is 2. The van der Waals surface area contributed by atoms with Gasteiger partial charge in [0.2, 0.25) is 5.13 Å². The van der Waals surface area contributed by atoms with Crippen molar-refractivity contribution in [3.05, 3.63) is 5.01 Å². The van der Waals surface area contributed by atoms with E-state index >= 15 is 0 Å². The minimum Gasteiger partial charge on any atom is -0.469 e. The molecule has 0 aromatic carbocycles. The van der Waals surface area contributed by atoms with E-state index in [4.69, 9.17) is 10.5 Å². The number of nitrogens with two attached hydrogens (primary N) is 1. The largest absolute Gasteiger partial charge is 0.469 e. The van der Waals surface area contributed by atoms with E-state index < -0.39 is 0 Å². The molecule has 1 aromatic rings. The molecular weight excluding hydrogens is 226 g/mol. The lowest BCUT2D eigenvalue weighted by Crippen LogP contribution is -2.23. The molecule has 5 nitrogen and oxygen atoms in total. The normalized spacial score (nSPS) is 25.3. The van der Waals surface area contributed by atoms with Crippen molar-refractivity contribution in [3.63, 3.8) is 0 Å². The second kappa shape index (κ2) is 4.78. The second-order valence-corrected chi connectivity index (χ2v) is 5.10. The predicted octanol–water partition coefficient (Wildman–Crippen LogP) is 1.57. The van der Waals surface area contributed by atoms with Gasteiger partial charge in [-0.1, -0.05) is 17.8 Å². The van der Waals surface area contributed by atoms with Crippen molar-refractivity contribution in [2.45, 2.75) is 31.6 Å². The van der Waals surface area contributed by atoms with Crippen molar-refractivity contribution in [2.24, 2.45) is 5.92 Å². The third kappa shape index (κ3) is 2.32. The Kier molecular flexibility index (Phi) is 3.38. The smallest absolute Gasteiger partial charge is 0.308 e. The molecule has 1 aliphatic rings. The Morgan fingerprint density at radius 3 is 2.94 bits per heavy atom. The minimum absolute atomic E-state index is 0.00822. The summed E-state index contributed by atoms with van der Waals surface area (Å²) in [6.45, 7) is 0. The molecule has 1 aliphatic carbocycles. The Morgan fingerprint density at radius 2 is 2.31 bits per heavy atom. The Bertz CT molecular complexity index is 380. The molecule has 16 heavy (non-hydrogen) atoms. The van der Waals surface area contributed by atoms with E-state index in [1.807, 2.05) is 0 Å². The first-order chi connectivity index (χ1) is 7.70. The lowest BCUT2D eigenvalue weighted by atomic mass is 9.82. The molecule has 2 rings (SSSR count). The fraction of sp³-hybridized carbons (Fsp3) is 0.700. The van der Waals surface area contributed by atoms with Crippen LogP contribution in [0.1, 0.15) is 36.6 Å². The first kappa shape index (κ1) is 11.3. The number of nitrogens with zero attached hydrogens (tertiary/aromatic N) is 2. The number of hydrogen-bond donors (Lipinski definition) is 1. The van der Waals surface area contributed by atoms with Gasteiger partial charge in [0.15, 0.2) is 0 Å². The van der Waals surface area contributed by atoms with Crippen LogP contribution in [0, 0.1) is 5.92 Å². The van der Waals surface area contributed by atoms with Crippen LogP contribution in [-0.2, 0) is 9.53 Å². The molecule has 2 N–H and O–H groups in total. The van der Waals surface area contributed by atoms with E-state index in [1.54, 1.807) is 0 Å². The SMILES string of the molecule is COC(=O)C1CCCC(c2nnc(N)s2)C1. The van der Waals surface area contributed by atoms with Gasteiger partial charge in [0.25, 0.3) is 0 Å². The fourth-order valence-electron chi connectivity index (χ4n) is 2.21. The highest BCUT2D eigenvalue weighted by molar-refractivity contribution is 7.15. The Balaban J connectivity index is 2.04. The maximum absolute atomic E-state index is 11.5. The van der Waals surface area contributed by atoms with Gasteiger partial charge in [0, 0.05) is 5.92 Å².